The van der Waals surface area contributed by atoms with Crippen molar-refractivity contribution < 1.29 is 4.57 Å². The van der Waals surface area contributed by atoms with Crippen molar-refractivity contribution in [2.24, 2.45) is 7.05 Å². The van der Waals surface area contributed by atoms with Gasteiger partial charge in [0.25, 0.3) is 11.2 Å². The molecule has 0 radical (unpaired) electrons. The third-order valence-electron chi connectivity index (χ3n) is 1.66. The molecule has 0 aliphatic carbocycles. The van der Waals surface area contributed by atoms with Crippen LogP contribution < -0.4 is 15.9 Å². The smallest absolute Gasteiger partial charge is 0.304 e. The van der Waals surface area contributed by atoms with Crippen LogP contribution in [0.2, 0.25) is 0 Å². The summed E-state index contributed by atoms with van der Waals surface area (Å²) in [6.07, 6.45) is 1.65. The van der Waals surface area contributed by atoms with Crippen molar-refractivity contribution in [1.29, 1.82) is 0 Å². The van der Waals surface area contributed by atoms with E-state index < -0.39 is 0 Å². The van der Waals surface area contributed by atoms with E-state index in [9.17, 15) is 4.79 Å². The Bertz CT molecular complexity index is 482. The Hall–Kier alpha value is -1.85. The maximum atomic E-state index is 11.3. The largest absolute Gasteiger partial charge is 0.369 e. The Kier molecular flexibility index (Phi) is 1.18. The fourth-order valence-corrected chi connectivity index (χ4v) is 1.13. The summed E-state index contributed by atoms with van der Waals surface area (Å²) in [5.74, 6) is 0.120. The SMILES string of the molecule is C[n+]1c[nH]c2nc(N)[nH]c(=O)c21. The zero-order valence-corrected chi connectivity index (χ0v) is 6.46. The molecule has 0 saturated carbocycles. The fourth-order valence-electron chi connectivity index (χ4n) is 1.13. The highest BCUT2D eigenvalue weighted by atomic mass is 16.1. The molecule has 0 aliphatic rings. The molecule has 6 heteroatoms. The van der Waals surface area contributed by atoms with Gasteiger partial charge in [-0.1, -0.05) is 0 Å². The topological polar surface area (TPSA) is 91.4 Å². The van der Waals surface area contributed by atoms with E-state index in [2.05, 4.69) is 15.0 Å². The van der Waals surface area contributed by atoms with Crippen LogP contribution in [0.15, 0.2) is 11.1 Å². The number of hydrogen-bond acceptors (Lipinski definition) is 3. The van der Waals surface area contributed by atoms with Crippen LogP contribution in [0.4, 0.5) is 5.95 Å². The van der Waals surface area contributed by atoms with E-state index in [1.807, 2.05) is 0 Å². The molecule has 0 bridgehead atoms. The molecule has 2 aromatic rings. The van der Waals surface area contributed by atoms with Crippen LogP contribution >= 0.6 is 0 Å². The number of rotatable bonds is 0. The van der Waals surface area contributed by atoms with Gasteiger partial charge in [-0.25, -0.2) is 9.55 Å². The Morgan fingerprint density at radius 1 is 1.67 bits per heavy atom. The summed E-state index contributed by atoms with van der Waals surface area (Å²) in [6.45, 7) is 0. The molecule has 0 saturated heterocycles. The standard InChI is InChI=1S/C6H7N5O/c1-11-2-8-4-3(11)5(12)10-6(7)9-4/h2H,1H3,(H3,7,9,10,12)/p+1. The predicted molar refractivity (Wildman–Crippen MR) is 42.3 cm³/mol. The molecule has 0 spiro atoms. The van der Waals surface area contributed by atoms with Crippen LogP contribution in [0.1, 0.15) is 0 Å². The van der Waals surface area contributed by atoms with E-state index >= 15 is 0 Å². The molecular weight excluding hydrogens is 158 g/mol. The lowest BCUT2D eigenvalue weighted by Crippen LogP contribution is -2.31. The van der Waals surface area contributed by atoms with Crippen molar-refractivity contribution in [3.8, 4) is 0 Å². The summed E-state index contributed by atoms with van der Waals surface area (Å²) in [6, 6.07) is 0. The van der Waals surface area contributed by atoms with E-state index in [4.69, 9.17) is 5.73 Å². The highest BCUT2D eigenvalue weighted by Crippen LogP contribution is 1.96. The Morgan fingerprint density at radius 2 is 2.42 bits per heavy atom. The molecule has 0 aliphatic heterocycles. The van der Waals surface area contributed by atoms with Crippen LogP contribution in [0.5, 0.6) is 0 Å². The summed E-state index contributed by atoms with van der Waals surface area (Å²) in [5, 5.41) is 0. The fraction of sp³-hybridized carbons (Fsp3) is 0.167. The maximum absolute atomic E-state index is 11.3. The minimum absolute atomic E-state index is 0.120. The van der Waals surface area contributed by atoms with Crippen molar-refractivity contribution in [1.82, 2.24) is 15.0 Å². The van der Waals surface area contributed by atoms with Gasteiger partial charge in [-0.2, -0.15) is 4.98 Å². The van der Waals surface area contributed by atoms with Crippen molar-refractivity contribution in [2.75, 3.05) is 5.73 Å². The van der Waals surface area contributed by atoms with Gasteiger partial charge in [-0.15, -0.1) is 0 Å². The highest BCUT2D eigenvalue weighted by molar-refractivity contribution is 5.65. The minimum atomic E-state index is -0.235. The summed E-state index contributed by atoms with van der Waals surface area (Å²) in [7, 11) is 1.76. The van der Waals surface area contributed by atoms with Gasteiger partial charge in [0, 0.05) is 0 Å². The Morgan fingerprint density at radius 3 is 3.17 bits per heavy atom. The number of anilines is 1. The van der Waals surface area contributed by atoms with Gasteiger partial charge in [0.2, 0.25) is 12.3 Å². The number of nitrogens with zero attached hydrogens (tertiary/aromatic N) is 2. The summed E-state index contributed by atoms with van der Waals surface area (Å²) < 4.78 is 1.65. The lowest BCUT2D eigenvalue weighted by molar-refractivity contribution is -0.645. The molecular formula is C6H8N5O+. The quantitative estimate of drug-likeness (QED) is 0.423. The molecule has 12 heavy (non-hydrogen) atoms. The first-order chi connectivity index (χ1) is 5.68. The second-order valence-electron chi connectivity index (χ2n) is 2.53. The first-order valence-electron chi connectivity index (χ1n) is 3.41. The van der Waals surface area contributed by atoms with Crippen LogP contribution in [0.3, 0.4) is 0 Å². The van der Waals surface area contributed by atoms with Crippen molar-refractivity contribution in [2.45, 2.75) is 0 Å². The van der Waals surface area contributed by atoms with Gasteiger partial charge >= 0.3 is 5.56 Å². The number of nitrogen functional groups attached to an aromatic ring is 1. The number of imidazole rings is 1. The third-order valence-corrected chi connectivity index (χ3v) is 1.66. The molecule has 0 unspecified atom stereocenters. The van der Waals surface area contributed by atoms with E-state index in [0.29, 0.717) is 11.2 Å². The summed E-state index contributed by atoms with van der Waals surface area (Å²) >= 11 is 0. The molecule has 2 rings (SSSR count). The second kappa shape index (κ2) is 2.07. The molecule has 6 nitrogen and oxygen atoms in total. The highest BCUT2D eigenvalue weighted by Gasteiger charge is 2.12. The number of aromatic amines is 2. The predicted octanol–water partition coefficient (Wildman–Crippen LogP) is -1.34. The normalized spacial score (nSPS) is 10.8. The van der Waals surface area contributed by atoms with Gasteiger partial charge < -0.3 is 5.73 Å². The molecule has 0 atom stereocenters. The zero-order chi connectivity index (χ0) is 8.72. The number of fused-ring (bicyclic) bond motifs is 1. The van der Waals surface area contributed by atoms with Gasteiger partial charge in [-0.05, 0) is 0 Å². The number of aryl methyl sites for hydroxylation is 1. The zero-order valence-electron chi connectivity index (χ0n) is 6.46. The van der Waals surface area contributed by atoms with E-state index in [0.717, 1.165) is 0 Å². The van der Waals surface area contributed by atoms with Crippen molar-refractivity contribution >= 4 is 17.1 Å². The number of hydrogen-bond donors (Lipinski definition) is 3. The van der Waals surface area contributed by atoms with Crippen molar-refractivity contribution in [3.63, 3.8) is 0 Å². The van der Waals surface area contributed by atoms with E-state index in [-0.39, 0.29) is 11.5 Å². The third kappa shape index (κ3) is 0.777. The molecule has 0 aromatic carbocycles. The average Bonchev–Trinajstić information content (AvgIpc) is 2.31. The van der Waals surface area contributed by atoms with Gasteiger partial charge in [0.05, 0.1) is 7.05 Å². The van der Waals surface area contributed by atoms with Gasteiger partial charge in [0.15, 0.2) is 0 Å². The number of nitrogens with two attached hydrogens (primary N) is 1. The number of nitrogens with one attached hydrogen (secondary N) is 2. The number of aromatic nitrogens is 4. The first kappa shape index (κ1) is 6.84. The molecule has 2 aromatic heterocycles. The molecule has 2 heterocycles. The summed E-state index contributed by atoms with van der Waals surface area (Å²) in [5.41, 5.74) is 6.09. The minimum Gasteiger partial charge on any atom is -0.369 e. The maximum Gasteiger partial charge on any atom is 0.304 e. The van der Waals surface area contributed by atoms with Crippen LogP contribution in [0.25, 0.3) is 11.2 Å². The number of H-pyrrole nitrogens is 2. The van der Waals surface area contributed by atoms with E-state index in [1.165, 1.54) is 0 Å². The van der Waals surface area contributed by atoms with E-state index in [1.54, 1.807) is 17.9 Å². The molecule has 4 N–H and O–H groups in total. The second-order valence-corrected chi connectivity index (χ2v) is 2.53. The van der Waals surface area contributed by atoms with Crippen molar-refractivity contribution in [3.05, 3.63) is 16.7 Å². The summed E-state index contributed by atoms with van der Waals surface area (Å²) in [4.78, 5) is 20.4. The Balaban J connectivity index is 3.03. The van der Waals surface area contributed by atoms with Crippen LogP contribution in [0, 0.1) is 0 Å². The van der Waals surface area contributed by atoms with Gasteiger partial charge in [-0.3, -0.25) is 9.78 Å². The lowest BCUT2D eigenvalue weighted by atomic mass is 10.5. The van der Waals surface area contributed by atoms with Crippen LogP contribution in [-0.2, 0) is 7.05 Å². The lowest BCUT2D eigenvalue weighted by Gasteiger charge is -1.88. The molecule has 62 valence electrons. The Labute approximate surface area is 67.1 Å². The monoisotopic (exact) mass is 166 g/mol. The average molecular weight is 166 g/mol. The van der Waals surface area contributed by atoms with Crippen LogP contribution in [-0.4, -0.2) is 15.0 Å². The molecule has 0 fully saturated rings. The molecule has 0 amide bonds. The van der Waals surface area contributed by atoms with Gasteiger partial charge in [0.1, 0.15) is 0 Å². The first-order valence-corrected chi connectivity index (χ1v) is 3.41.